The van der Waals surface area contributed by atoms with Gasteiger partial charge in [-0.3, -0.25) is 0 Å². The summed E-state index contributed by atoms with van der Waals surface area (Å²) >= 11 is 0. The number of hydrogen-bond donors (Lipinski definition) is 2. The first-order valence-electron chi connectivity index (χ1n) is 9.33. The molecule has 5 rings (SSSR count). The number of aromatic nitrogens is 4. The highest BCUT2D eigenvalue weighted by Crippen LogP contribution is 2.26. The Morgan fingerprint density at radius 2 is 1.71 bits per heavy atom. The molecule has 2 aromatic heterocycles. The summed E-state index contributed by atoms with van der Waals surface area (Å²) in [6.45, 7) is 3.41. The highest BCUT2D eigenvalue weighted by molar-refractivity contribution is 5.87. The summed E-state index contributed by atoms with van der Waals surface area (Å²) in [6, 6.07) is 18.4. The fourth-order valence-electron chi connectivity index (χ4n) is 3.37. The Kier molecular flexibility index (Phi) is 4.34. The van der Waals surface area contributed by atoms with E-state index in [4.69, 9.17) is 4.74 Å². The molecule has 0 saturated carbocycles. The molecule has 7 heteroatoms. The van der Waals surface area contributed by atoms with E-state index >= 15 is 0 Å². The number of anilines is 3. The van der Waals surface area contributed by atoms with Gasteiger partial charge in [-0.1, -0.05) is 30.3 Å². The van der Waals surface area contributed by atoms with E-state index in [-0.39, 0.29) is 0 Å². The maximum Gasteiger partial charge on any atom is 0.183 e. The SMILES string of the molecule is c1ccc(-c2nc3ncnc(Nc4ccc(N5CCOCC5)cc4)c3[nH]2)cc1. The lowest BCUT2D eigenvalue weighted by Gasteiger charge is -2.28. The van der Waals surface area contributed by atoms with Gasteiger partial charge in [0.15, 0.2) is 11.5 Å². The largest absolute Gasteiger partial charge is 0.378 e. The van der Waals surface area contributed by atoms with E-state index in [0.29, 0.717) is 11.5 Å². The van der Waals surface area contributed by atoms with Gasteiger partial charge >= 0.3 is 0 Å². The number of nitrogens with zero attached hydrogens (tertiary/aromatic N) is 4. The molecule has 0 unspecified atom stereocenters. The van der Waals surface area contributed by atoms with Crippen LogP contribution in [0.15, 0.2) is 60.9 Å². The number of imidazole rings is 1. The van der Waals surface area contributed by atoms with Crippen molar-refractivity contribution >= 4 is 28.4 Å². The van der Waals surface area contributed by atoms with Crippen molar-refractivity contribution in [3.8, 4) is 11.4 Å². The standard InChI is InChI=1S/C21H20N6O/c1-2-4-15(5-3-1)19-25-18-20(22-14-23-21(18)26-19)24-16-6-8-17(9-7-16)27-10-12-28-13-11-27/h1-9,14H,10-13H2,(H2,22,23,24,25,26). The Labute approximate surface area is 162 Å². The van der Waals surface area contributed by atoms with Gasteiger partial charge in [-0.2, -0.15) is 0 Å². The molecule has 3 heterocycles. The number of hydrogen-bond acceptors (Lipinski definition) is 6. The van der Waals surface area contributed by atoms with Gasteiger partial charge < -0.3 is 19.9 Å². The van der Waals surface area contributed by atoms with Crippen LogP contribution in [-0.2, 0) is 4.74 Å². The van der Waals surface area contributed by atoms with E-state index in [0.717, 1.165) is 48.9 Å². The number of rotatable bonds is 4. The lowest BCUT2D eigenvalue weighted by atomic mass is 10.2. The molecule has 0 bridgehead atoms. The molecule has 0 radical (unpaired) electrons. The number of H-pyrrole nitrogens is 1. The topological polar surface area (TPSA) is 79.0 Å². The second-order valence-corrected chi connectivity index (χ2v) is 6.64. The summed E-state index contributed by atoms with van der Waals surface area (Å²) in [5.41, 5.74) is 4.61. The summed E-state index contributed by atoms with van der Waals surface area (Å²) in [5.74, 6) is 1.49. The van der Waals surface area contributed by atoms with Gasteiger partial charge in [0.2, 0.25) is 0 Å². The predicted octanol–water partition coefficient (Wildman–Crippen LogP) is 3.60. The monoisotopic (exact) mass is 372 g/mol. The minimum atomic E-state index is 0.640. The Morgan fingerprint density at radius 1 is 0.929 bits per heavy atom. The highest BCUT2D eigenvalue weighted by Gasteiger charge is 2.13. The smallest absolute Gasteiger partial charge is 0.183 e. The maximum atomic E-state index is 5.42. The van der Waals surface area contributed by atoms with E-state index in [1.54, 1.807) is 0 Å². The minimum Gasteiger partial charge on any atom is -0.378 e. The lowest BCUT2D eigenvalue weighted by Crippen LogP contribution is -2.36. The van der Waals surface area contributed by atoms with Crippen LogP contribution in [0, 0.1) is 0 Å². The van der Waals surface area contributed by atoms with Gasteiger partial charge in [-0.05, 0) is 24.3 Å². The third kappa shape index (κ3) is 3.27. The zero-order valence-corrected chi connectivity index (χ0v) is 15.3. The van der Waals surface area contributed by atoms with Crippen molar-refractivity contribution < 1.29 is 4.74 Å². The van der Waals surface area contributed by atoms with E-state index in [9.17, 15) is 0 Å². The summed E-state index contributed by atoms with van der Waals surface area (Å²) in [6.07, 6.45) is 1.53. The van der Waals surface area contributed by atoms with Crippen molar-refractivity contribution in [3.63, 3.8) is 0 Å². The average molecular weight is 372 g/mol. The van der Waals surface area contributed by atoms with Crippen LogP contribution < -0.4 is 10.2 Å². The molecular weight excluding hydrogens is 352 g/mol. The van der Waals surface area contributed by atoms with Gasteiger partial charge in [0.25, 0.3) is 0 Å². The first kappa shape index (κ1) is 16.7. The Morgan fingerprint density at radius 3 is 2.50 bits per heavy atom. The average Bonchev–Trinajstić information content (AvgIpc) is 3.21. The second kappa shape index (κ2) is 7.28. The number of nitrogens with one attached hydrogen (secondary N) is 2. The molecule has 1 aliphatic rings. The third-order valence-corrected chi connectivity index (χ3v) is 4.84. The molecular formula is C21H20N6O. The fraction of sp³-hybridized carbons (Fsp3) is 0.190. The van der Waals surface area contributed by atoms with Crippen molar-refractivity contribution in [2.24, 2.45) is 0 Å². The van der Waals surface area contributed by atoms with E-state index in [1.807, 2.05) is 30.3 Å². The van der Waals surface area contributed by atoms with Gasteiger partial charge in [-0.15, -0.1) is 0 Å². The normalized spacial score (nSPS) is 14.4. The molecule has 1 aliphatic heterocycles. The summed E-state index contributed by atoms with van der Waals surface area (Å²) in [4.78, 5) is 19.0. The van der Waals surface area contributed by atoms with Crippen molar-refractivity contribution in [2.75, 3.05) is 36.5 Å². The van der Waals surface area contributed by atoms with Gasteiger partial charge in [-0.25, -0.2) is 15.0 Å². The van der Waals surface area contributed by atoms with Crippen LogP contribution in [0.3, 0.4) is 0 Å². The predicted molar refractivity (Wildman–Crippen MR) is 110 cm³/mol. The quantitative estimate of drug-likeness (QED) is 0.570. The molecule has 1 saturated heterocycles. The van der Waals surface area contributed by atoms with Crippen LogP contribution in [0.4, 0.5) is 17.2 Å². The number of benzene rings is 2. The molecule has 0 aliphatic carbocycles. The van der Waals surface area contributed by atoms with Crippen LogP contribution in [-0.4, -0.2) is 46.2 Å². The van der Waals surface area contributed by atoms with Crippen LogP contribution in [0.25, 0.3) is 22.6 Å². The molecule has 0 spiro atoms. The summed E-state index contributed by atoms with van der Waals surface area (Å²) < 4.78 is 5.42. The van der Waals surface area contributed by atoms with Crippen molar-refractivity contribution in [2.45, 2.75) is 0 Å². The van der Waals surface area contributed by atoms with Gasteiger partial charge in [0, 0.05) is 30.0 Å². The molecule has 0 amide bonds. The Bertz CT molecular complexity index is 1070. The fourth-order valence-corrected chi connectivity index (χ4v) is 3.37. The molecule has 4 aromatic rings. The number of aromatic amines is 1. The summed E-state index contributed by atoms with van der Waals surface area (Å²) in [7, 11) is 0. The first-order valence-corrected chi connectivity index (χ1v) is 9.33. The van der Waals surface area contributed by atoms with Crippen molar-refractivity contribution in [3.05, 3.63) is 60.9 Å². The first-order chi connectivity index (χ1) is 13.9. The number of fused-ring (bicyclic) bond motifs is 1. The third-order valence-electron chi connectivity index (χ3n) is 4.84. The molecule has 1 fully saturated rings. The number of ether oxygens (including phenoxy) is 1. The molecule has 2 aromatic carbocycles. The van der Waals surface area contributed by atoms with E-state index in [2.05, 4.69) is 54.4 Å². The van der Waals surface area contributed by atoms with Crippen LogP contribution >= 0.6 is 0 Å². The zero-order valence-electron chi connectivity index (χ0n) is 15.3. The number of morpholine rings is 1. The van der Waals surface area contributed by atoms with Crippen molar-refractivity contribution in [1.29, 1.82) is 0 Å². The second-order valence-electron chi connectivity index (χ2n) is 6.64. The van der Waals surface area contributed by atoms with Gasteiger partial charge in [0.05, 0.1) is 13.2 Å². The van der Waals surface area contributed by atoms with Crippen LogP contribution in [0.5, 0.6) is 0 Å². The van der Waals surface area contributed by atoms with Crippen molar-refractivity contribution in [1.82, 2.24) is 19.9 Å². The summed E-state index contributed by atoms with van der Waals surface area (Å²) in [5, 5.41) is 3.38. The lowest BCUT2D eigenvalue weighted by molar-refractivity contribution is 0.122. The highest BCUT2D eigenvalue weighted by atomic mass is 16.5. The zero-order chi connectivity index (χ0) is 18.8. The van der Waals surface area contributed by atoms with Gasteiger partial charge in [0.1, 0.15) is 17.7 Å². The maximum absolute atomic E-state index is 5.42. The van der Waals surface area contributed by atoms with E-state index in [1.165, 1.54) is 12.0 Å². The van der Waals surface area contributed by atoms with E-state index < -0.39 is 0 Å². The minimum absolute atomic E-state index is 0.640. The van der Waals surface area contributed by atoms with Crippen LogP contribution in [0.2, 0.25) is 0 Å². The molecule has 0 atom stereocenters. The Balaban J connectivity index is 1.41. The molecule has 28 heavy (non-hydrogen) atoms. The Hall–Kier alpha value is -3.45. The van der Waals surface area contributed by atoms with Crippen LogP contribution in [0.1, 0.15) is 0 Å². The molecule has 7 nitrogen and oxygen atoms in total. The molecule has 140 valence electrons. The molecule has 2 N–H and O–H groups in total.